The van der Waals surface area contributed by atoms with Gasteiger partial charge in [0.05, 0.1) is 18.7 Å². The third kappa shape index (κ3) is 4.14. The van der Waals surface area contributed by atoms with Gasteiger partial charge in [-0.25, -0.2) is 4.39 Å². The van der Waals surface area contributed by atoms with Crippen LogP contribution in [0.25, 0.3) is 5.76 Å². The molecule has 1 aliphatic rings. The summed E-state index contributed by atoms with van der Waals surface area (Å²) < 4.78 is 18.6. The molecule has 1 aliphatic heterocycles. The highest BCUT2D eigenvalue weighted by Gasteiger charge is 2.45. The quantitative estimate of drug-likeness (QED) is 0.460. The summed E-state index contributed by atoms with van der Waals surface area (Å²) in [6.45, 7) is 0.826. The number of rotatable bonds is 6. The van der Waals surface area contributed by atoms with Crippen molar-refractivity contribution < 1.29 is 23.8 Å². The van der Waals surface area contributed by atoms with Gasteiger partial charge < -0.3 is 19.6 Å². The lowest BCUT2D eigenvalue weighted by atomic mass is 9.95. The van der Waals surface area contributed by atoms with E-state index >= 15 is 0 Å². The maximum atomic E-state index is 13.4. The number of ether oxygens (including phenoxy) is 1. The molecule has 0 aromatic heterocycles. The SMILES string of the molecule is COc1ccc(/C(O)=C2\C(=O)C(=O)N(CCN(C)C)C2c2ccc(F)cc2)cc1. The second-order valence-corrected chi connectivity index (χ2v) is 7.08. The number of likely N-dealkylation sites (N-methyl/N-ethyl adjacent to an activating group) is 1. The number of Topliss-reactive ketones (excluding diaryl/α,β-unsaturated/α-hetero) is 1. The van der Waals surface area contributed by atoms with E-state index in [0.717, 1.165) is 0 Å². The summed E-state index contributed by atoms with van der Waals surface area (Å²) in [6, 6.07) is 11.3. The highest BCUT2D eigenvalue weighted by atomic mass is 19.1. The number of carbonyl (C=O) groups is 2. The first-order valence-corrected chi connectivity index (χ1v) is 9.16. The molecular weight excluding hydrogens is 375 g/mol. The highest BCUT2D eigenvalue weighted by molar-refractivity contribution is 6.46. The predicted octanol–water partition coefficient (Wildman–Crippen LogP) is 2.82. The maximum absolute atomic E-state index is 13.4. The van der Waals surface area contributed by atoms with E-state index in [2.05, 4.69) is 0 Å². The zero-order valence-corrected chi connectivity index (χ0v) is 16.6. The zero-order valence-electron chi connectivity index (χ0n) is 16.6. The zero-order chi connectivity index (χ0) is 21.1. The molecule has 1 N–H and O–H groups in total. The Kier molecular flexibility index (Phi) is 5.98. The van der Waals surface area contributed by atoms with Crippen LogP contribution in [0.2, 0.25) is 0 Å². The molecule has 1 fully saturated rings. The van der Waals surface area contributed by atoms with Gasteiger partial charge in [0, 0.05) is 18.7 Å². The van der Waals surface area contributed by atoms with Gasteiger partial charge in [-0.05, 0) is 56.1 Å². The summed E-state index contributed by atoms with van der Waals surface area (Å²) in [5.41, 5.74) is 0.938. The average molecular weight is 398 g/mol. The monoisotopic (exact) mass is 398 g/mol. The molecule has 152 valence electrons. The minimum atomic E-state index is -0.794. The van der Waals surface area contributed by atoms with Crippen LogP contribution in [0, 0.1) is 5.82 Å². The number of amides is 1. The van der Waals surface area contributed by atoms with E-state index in [1.807, 2.05) is 19.0 Å². The number of benzene rings is 2. The number of halogens is 1. The van der Waals surface area contributed by atoms with Crippen molar-refractivity contribution in [3.63, 3.8) is 0 Å². The second-order valence-electron chi connectivity index (χ2n) is 7.08. The van der Waals surface area contributed by atoms with Gasteiger partial charge >= 0.3 is 0 Å². The molecule has 1 saturated heterocycles. The van der Waals surface area contributed by atoms with E-state index in [1.54, 1.807) is 24.3 Å². The minimum Gasteiger partial charge on any atom is -0.507 e. The van der Waals surface area contributed by atoms with Crippen molar-refractivity contribution >= 4 is 17.4 Å². The number of aliphatic hydroxyl groups excluding tert-OH is 1. The molecule has 0 bridgehead atoms. The lowest BCUT2D eigenvalue weighted by Gasteiger charge is -2.26. The number of nitrogens with zero attached hydrogens (tertiary/aromatic N) is 2. The summed E-state index contributed by atoms with van der Waals surface area (Å²) in [4.78, 5) is 28.9. The molecule has 0 aliphatic carbocycles. The first-order valence-electron chi connectivity index (χ1n) is 9.16. The third-order valence-electron chi connectivity index (χ3n) is 4.88. The van der Waals surface area contributed by atoms with E-state index in [0.29, 0.717) is 30.0 Å². The van der Waals surface area contributed by atoms with Crippen LogP contribution in [0.3, 0.4) is 0 Å². The Morgan fingerprint density at radius 3 is 2.28 bits per heavy atom. The summed E-state index contributed by atoms with van der Waals surface area (Å²) in [7, 11) is 5.25. The van der Waals surface area contributed by atoms with Crippen LogP contribution in [0.15, 0.2) is 54.1 Å². The van der Waals surface area contributed by atoms with Gasteiger partial charge in [-0.15, -0.1) is 0 Å². The number of aliphatic hydroxyl groups is 1. The highest BCUT2D eigenvalue weighted by Crippen LogP contribution is 2.39. The van der Waals surface area contributed by atoms with Crippen molar-refractivity contribution in [3.8, 4) is 5.75 Å². The van der Waals surface area contributed by atoms with Crippen LogP contribution < -0.4 is 4.74 Å². The third-order valence-corrected chi connectivity index (χ3v) is 4.88. The molecular formula is C22H23FN2O4. The average Bonchev–Trinajstić information content (AvgIpc) is 2.97. The molecule has 1 unspecified atom stereocenters. The van der Waals surface area contributed by atoms with Crippen molar-refractivity contribution in [2.75, 3.05) is 34.3 Å². The number of ketones is 1. The van der Waals surface area contributed by atoms with Gasteiger partial charge in [-0.3, -0.25) is 9.59 Å². The number of methoxy groups -OCH3 is 1. The van der Waals surface area contributed by atoms with Gasteiger partial charge in [-0.1, -0.05) is 12.1 Å². The van der Waals surface area contributed by atoms with Crippen molar-refractivity contribution in [1.29, 1.82) is 0 Å². The standard InChI is InChI=1S/C22H23FN2O4/c1-24(2)12-13-25-19(14-4-8-16(23)9-5-14)18(21(27)22(25)28)20(26)15-6-10-17(29-3)11-7-15/h4-11,19,26H,12-13H2,1-3H3/b20-18+. The largest absolute Gasteiger partial charge is 0.507 e. The molecule has 6 nitrogen and oxygen atoms in total. The Hall–Kier alpha value is -3.19. The van der Waals surface area contributed by atoms with Gasteiger partial charge in [0.25, 0.3) is 11.7 Å². The Balaban J connectivity index is 2.11. The van der Waals surface area contributed by atoms with E-state index in [-0.39, 0.29) is 11.3 Å². The number of likely N-dealkylation sites (tertiary alicyclic amines) is 1. The van der Waals surface area contributed by atoms with Crippen molar-refractivity contribution in [3.05, 3.63) is 71.0 Å². The molecule has 2 aromatic rings. The van der Waals surface area contributed by atoms with E-state index in [1.165, 1.54) is 36.3 Å². The fourth-order valence-corrected chi connectivity index (χ4v) is 3.31. The van der Waals surface area contributed by atoms with Crippen molar-refractivity contribution in [2.45, 2.75) is 6.04 Å². The number of hydrogen-bond donors (Lipinski definition) is 1. The maximum Gasteiger partial charge on any atom is 0.295 e. The van der Waals surface area contributed by atoms with Gasteiger partial charge in [0.15, 0.2) is 0 Å². The van der Waals surface area contributed by atoms with Crippen LogP contribution in [0.5, 0.6) is 5.75 Å². The Morgan fingerprint density at radius 2 is 1.72 bits per heavy atom. The molecule has 2 aromatic carbocycles. The second kappa shape index (κ2) is 8.45. The fourth-order valence-electron chi connectivity index (χ4n) is 3.31. The van der Waals surface area contributed by atoms with Crippen LogP contribution in [-0.4, -0.2) is 60.9 Å². The van der Waals surface area contributed by atoms with E-state index in [4.69, 9.17) is 4.74 Å². The Bertz CT molecular complexity index is 936. The summed E-state index contributed by atoms with van der Waals surface area (Å²) in [5, 5.41) is 10.9. The summed E-state index contributed by atoms with van der Waals surface area (Å²) in [6.07, 6.45) is 0. The summed E-state index contributed by atoms with van der Waals surface area (Å²) in [5.74, 6) is -1.53. The van der Waals surface area contributed by atoms with Crippen LogP contribution in [0.1, 0.15) is 17.2 Å². The summed E-state index contributed by atoms with van der Waals surface area (Å²) >= 11 is 0. The van der Waals surface area contributed by atoms with Crippen molar-refractivity contribution in [2.24, 2.45) is 0 Å². The number of hydrogen-bond acceptors (Lipinski definition) is 5. The smallest absolute Gasteiger partial charge is 0.295 e. The molecule has 3 rings (SSSR count). The fraction of sp³-hybridized carbons (Fsp3) is 0.273. The Morgan fingerprint density at radius 1 is 1.10 bits per heavy atom. The first kappa shape index (κ1) is 20.5. The molecule has 0 radical (unpaired) electrons. The lowest BCUT2D eigenvalue weighted by molar-refractivity contribution is -0.140. The normalized spacial score (nSPS) is 18.5. The predicted molar refractivity (Wildman–Crippen MR) is 107 cm³/mol. The van der Waals surface area contributed by atoms with E-state index in [9.17, 15) is 19.1 Å². The molecule has 29 heavy (non-hydrogen) atoms. The lowest BCUT2D eigenvalue weighted by Crippen LogP contribution is -2.35. The van der Waals surface area contributed by atoms with Crippen molar-refractivity contribution in [1.82, 2.24) is 9.80 Å². The Labute approximate surface area is 168 Å². The molecule has 1 amide bonds. The van der Waals surface area contributed by atoms with Gasteiger partial charge in [-0.2, -0.15) is 0 Å². The topological polar surface area (TPSA) is 70.1 Å². The first-order chi connectivity index (χ1) is 13.8. The molecule has 1 heterocycles. The molecule has 0 saturated carbocycles. The van der Waals surface area contributed by atoms with Crippen LogP contribution in [0.4, 0.5) is 4.39 Å². The van der Waals surface area contributed by atoms with Crippen LogP contribution in [-0.2, 0) is 9.59 Å². The van der Waals surface area contributed by atoms with Gasteiger partial charge in [0.1, 0.15) is 17.3 Å². The molecule has 0 spiro atoms. The molecule has 1 atom stereocenters. The van der Waals surface area contributed by atoms with Gasteiger partial charge in [0.2, 0.25) is 0 Å². The van der Waals surface area contributed by atoms with Crippen LogP contribution >= 0.6 is 0 Å². The number of carbonyl (C=O) groups excluding carboxylic acids is 2. The minimum absolute atomic E-state index is 0.00877. The molecule has 7 heteroatoms. The van der Waals surface area contributed by atoms with E-state index < -0.39 is 23.5 Å².